The predicted octanol–water partition coefficient (Wildman–Crippen LogP) is 2.22. The first-order valence-corrected chi connectivity index (χ1v) is 14.0. The van der Waals surface area contributed by atoms with E-state index < -0.39 is 36.2 Å². The maximum atomic E-state index is 14.4. The minimum atomic E-state index is -1.42. The molecule has 0 unspecified atom stereocenters. The molecule has 3 fully saturated rings. The van der Waals surface area contributed by atoms with E-state index in [1.54, 1.807) is 23.5 Å². The van der Waals surface area contributed by atoms with E-state index in [1.807, 2.05) is 31.4 Å². The molecule has 204 valence electrons. The van der Waals surface area contributed by atoms with Gasteiger partial charge in [-0.1, -0.05) is 26.0 Å². The van der Waals surface area contributed by atoms with E-state index in [2.05, 4.69) is 22.2 Å². The molecule has 9 nitrogen and oxygen atoms in total. The van der Waals surface area contributed by atoms with Crippen molar-refractivity contribution in [3.8, 4) is 11.3 Å². The molecule has 11 heteroatoms. The van der Waals surface area contributed by atoms with Gasteiger partial charge in [-0.15, -0.1) is 11.3 Å². The number of piperazine rings is 1. The number of halogens is 1. The minimum absolute atomic E-state index is 0.0980. The van der Waals surface area contributed by atoms with Crippen molar-refractivity contribution in [2.45, 2.75) is 44.6 Å². The molecule has 2 amide bonds. The molecule has 4 atom stereocenters. The van der Waals surface area contributed by atoms with E-state index in [9.17, 15) is 18.8 Å². The second kappa shape index (κ2) is 11.1. The summed E-state index contributed by atoms with van der Waals surface area (Å²) in [6.45, 7) is 7.41. The van der Waals surface area contributed by atoms with Crippen LogP contribution in [0.1, 0.15) is 30.6 Å². The summed E-state index contributed by atoms with van der Waals surface area (Å²) >= 11 is 1.61. The maximum absolute atomic E-state index is 14.4. The van der Waals surface area contributed by atoms with E-state index in [-0.39, 0.29) is 24.9 Å². The molecule has 0 aliphatic carbocycles. The summed E-state index contributed by atoms with van der Waals surface area (Å²) in [6.07, 6.45) is -1.96. The van der Waals surface area contributed by atoms with Gasteiger partial charge in [-0.05, 0) is 31.5 Å². The molecule has 2 aromatic rings. The highest BCUT2D eigenvalue weighted by Gasteiger charge is 2.53. The number of carbonyl (C=O) groups excluding carboxylic acids is 3. The van der Waals surface area contributed by atoms with Gasteiger partial charge in [0, 0.05) is 42.7 Å². The third-order valence-electron chi connectivity index (χ3n) is 7.42. The highest BCUT2D eigenvalue weighted by atomic mass is 32.1. The number of nitrogens with one attached hydrogen (secondary N) is 1. The van der Waals surface area contributed by atoms with Gasteiger partial charge in [0.25, 0.3) is 5.91 Å². The number of likely N-dealkylation sites (N-methyl/N-ethyl adjacent to an activating group) is 1. The van der Waals surface area contributed by atoms with Crippen LogP contribution in [0, 0.1) is 5.92 Å². The van der Waals surface area contributed by atoms with Crippen molar-refractivity contribution in [3.05, 3.63) is 35.2 Å². The Labute approximate surface area is 225 Å². The Morgan fingerprint density at radius 1 is 1.18 bits per heavy atom. The summed E-state index contributed by atoms with van der Waals surface area (Å²) in [5.41, 5.74) is 2.18. The van der Waals surface area contributed by atoms with Crippen LogP contribution in [0.3, 0.4) is 0 Å². The molecule has 1 aromatic heterocycles. The quantitative estimate of drug-likeness (QED) is 0.572. The van der Waals surface area contributed by atoms with Crippen LogP contribution in [-0.4, -0.2) is 103 Å². The van der Waals surface area contributed by atoms with Gasteiger partial charge in [0.1, 0.15) is 31.0 Å². The Kier molecular flexibility index (Phi) is 7.78. The van der Waals surface area contributed by atoms with Gasteiger partial charge < -0.3 is 24.8 Å². The van der Waals surface area contributed by atoms with Gasteiger partial charge in [0.15, 0.2) is 10.9 Å². The van der Waals surface area contributed by atoms with Gasteiger partial charge in [0.2, 0.25) is 5.91 Å². The molecule has 0 saturated carbocycles. The van der Waals surface area contributed by atoms with Crippen molar-refractivity contribution in [1.82, 2.24) is 20.1 Å². The van der Waals surface area contributed by atoms with Gasteiger partial charge >= 0.3 is 0 Å². The Morgan fingerprint density at radius 2 is 1.89 bits per heavy atom. The Hall–Kier alpha value is -2.89. The number of benzene rings is 1. The number of ether oxygens (including phenoxy) is 1. The molecular weight excluding hydrogens is 509 g/mol. The number of hydrogen-bond acceptors (Lipinski definition) is 8. The molecule has 3 saturated heterocycles. The minimum Gasteiger partial charge on any atom is -0.365 e. The van der Waals surface area contributed by atoms with Crippen LogP contribution >= 0.6 is 11.3 Å². The number of carbonyl (C=O) groups is 3. The lowest BCUT2D eigenvalue weighted by Crippen LogP contribution is -2.52. The molecule has 0 bridgehead atoms. The van der Waals surface area contributed by atoms with Crippen molar-refractivity contribution < 1.29 is 23.5 Å². The number of alkyl halides is 1. The fourth-order valence-electron chi connectivity index (χ4n) is 5.29. The summed E-state index contributed by atoms with van der Waals surface area (Å²) < 4.78 is 19.7. The highest BCUT2D eigenvalue weighted by molar-refractivity contribution is 7.14. The molecule has 4 heterocycles. The lowest BCUT2D eigenvalue weighted by molar-refractivity contribution is -0.138. The summed E-state index contributed by atoms with van der Waals surface area (Å²) in [4.78, 5) is 49.4. The molecule has 3 aliphatic rings. The number of fused-ring (bicyclic) bond motifs is 1. The van der Waals surface area contributed by atoms with E-state index >= 15 is 0 Å². The van der Waals surface area contributed by atoms with E-state index in [1.165, 1.54) is 4.90 Å². The van der Waals surface area contributed by atoms with E-state index in [0.717, 1.165) is 42.6 Å². The summed E-state index contributed by atoms with van der Waals surface area (Å²) in [7, 11) is 2.12. The second-order valence-corrected chi connectivity index (χ2v) is 11.6. The first-order chi connectivity index (χ1) is 18.2. The van der Waals surface area contributed by atoms with Crippen LogP contribution in [0.2, 0.25) is 0 Å². The van der Waals surface area contributed by atoms with Crippen LogP contribution < -0.4 is 10.2 Å². The number of ketones is 1. The molecule has 1 aromatic carbocycles. The zero-order valence-electron chi connectivity index (χ0n) is 21.9. The van der Waals surface area contributed by atoms with E-state index in [0.29, 0.717) is 12.0 Å². The number of aromatic nitrogens is 1. The van der Waals surface area contributed by atoms with Gasteiger partial charge in [0.05, 0.1) is 12.2 Å². The molecule has 0 radical (unpaired) electrons. The Balaban J connectivity index is 1.26. The smallest absolute Gasteiger partial charge is 0.251 e. The maximum Gasteiger partial charge on any atom is 0.251 e. The third-order valence-corrected chi connectivity index (χ3v) is 8.33. The van der Waals surface area contributed by atoms with Crippen LogP contribution in [0.4, 0.5) is 9.52 Å². The number of thiazole rings is 1. The van der Waals surface area contributed by atoms with Gasteiger partial charge in [-0.2, -0.15) is 0 Å². The topological polar surface area (TPSA) is 95.1 Å². The van der Waals surface area contributed by atoms with Crippen molar-refractivity contribution in [2.24, 2.45) is 5.92 Å². The fraction of sp³-hybridized carbons (Fsp3) is 0.556. The molecule has 0 spiro atoms. The van der Waals surface area contributed by atoms with Crippen molar-refractivity contribution in [2.75, 3.05) is 51.3 Å². The third kappa shape index (κ3) is 5.45. The number of rotatable bonds is 7. The Bertz CT molecular complexity index is 1180. The summed E-state index contributed by atoms with van der Waals surface area (Å²) in [6, 6.07) is 5.35. The summed E-state index contributed by atoms with van der Waals surface area (Å²) in [5, 5.41) is 5.85. The first kappa shape index (κ1) is 26.7. The average molecular weight is 544 g/mol. The average Bonchev–Trinajstić information content (AvgIpc) is 3.62. The lowest BCUT2D eigenvalue weighted by atomic mass is 10.0. The zero-order valence-corrected chi connectivity index (χ0v) is 22.7. The van der Waals surface area contributed by atoms with Gasteiger partial charge in [-0.25, -0.2) is 9.37 Å². The van der Waals surface area contributed by atoms with E-state index in [4.69, 9.17) is 9.72 Å². The lowest BCUT2D eigenvalue weighted by Gasteiger charge is -2.32. The largest absolute Gasteiger partial charge is 0.365 e. The standard InChI is InChI=1S/C27H34FN5O4S/c1-16(2)12-20(26(36)33-13-19(28)24-23(33)22(34)14-37-24)29-25(35)18-6-4-17(5-7-18)21-15-38-27(30-21)32-10-8-31(3)9-11-32/h4-7,15-16,19-20,23-24H,8-14H2,1-3H3,(H,29,35)/t19-,20+,23-,24-/m1/s1. The first-order valence-electron chi connectivity index (χ1n) is 13.1. The molecular formula is C27H34FN5O4S. The number of hydrogen-bond donors (Lipinski definition) is 1. The molecule has 3 aliphatic heterocycles. The number of Topliss-reactive ketones (excluding diaryl/α,β-unsaturated/α-hetero) is 1. The van der Waals surface area contributed by atoms with Crippen LogP contribution in [-0.2, 0) is 14.3 Å². The van der Waals surface area contributed by atoms with Crippen molar-refractivity contribution >= 4 is 34.1 Å². The highest BCUT2D eigenvalue weighted by Crippen LogP contribution is 2.31. The predicted molar refractivity (Wildman–Crippen MR) is 143 cm³/mol. The normalized spacial score (nSPS) is 24.7. The van der Waals surface area contributed by atoms with Crippen LogP contribution in [0.5, 0.6) is 0 Å². The monoisotopic (exact) mass is 543 g/mol. The Morgan fingerprint density at radius 3 is 2.58 bits per heavy atom. The molecule has 1 N–H and O–H groups in total. The SMILES string of the molecule is CC(C)C[C@H](NC(=O)c1ccc(-c2csc(N3CCN(C)CC3)n2)cc1)C(=O)N1C[C@@H](F)[C@H]2OCC(=O)[C@H]21. The van der Waals surface area contributed by atoms with Crippen LogP contribution in [0.25, 0.3) is 11.3 Å². The van der Waals surface area contributed by atoms with Crippen molar-refractivity contribution in [1.29, 1.82) is 0 Å². The number of likely N-dealkylation sites (tertiary alicyclic amines) is 1. The van der Waals surface area contributed by atoms with Crippen LogP contribution in [0.15, 0.2) is 29.6 Å². The molecule has 38 heavy (non-hydrogen) atoms. The van der Waals surface area contributed by atoms with Gasteiger partial charge in [-0.3, -0.25) is 14.4 Å². The number of nitrogens with zero attached hydrogens (tertiary/aromatic N) is 4. The second-order valence-electron chi connectivity index (χ2n) is 10.7. The fourth-order valence-corrected chi connectivity index (χ4v) is 6.18. The van der Waals surface area contributed by atoms with Crippen molar-refractivity contribution in [3.63, 3.8) is 0 Å². The zero-order chi connectivity index (χ0) is 27.0. The summed E-state index contributed by atoms with van der Waals surface area (Å²) in [5.74, 6) is -1.04. The number of anilines is 1. The number of amides is 2. The molecule has 5 rings (SSSR count).